The third kappa shape index (κ3) is 2.33. The Morgan fingerprint density at radius 3 is 2.83 bits per heavy atom. The van der Waals surface area contributed by atoms with Crippen molar-refractivity contribution in [2.75, 3.05) is 18.9 Å². The molecule has 0 radical (unpaired) electrons. The molecule has 1 fully saturated rings. The predicted molar refractivity (Wildman–Crippen MR) is 68.0 cm³/mol. The van der Waals surface area contributed by atoms with E-state index in [-0.39, 0.29) is 12.5 Å². The molecule has 1 aliphatic rings. The summed E-state index contributed by atoms with van der Waals surface area (Å²) in [5, 5.41) is 12.9. The number of nitrogen functional groups attached to an aromatic ring is 1. The molecule has 0 aromatic carbocycles. The first-order valence-corrected chi connectivity index (χ1v) is 6.34. The van der Waals surface area contributed by atoms with Gasteiger partial charge in [0.1, 0.15) is 11.4 Å². The highest BCUT2D eigenvalue weighted by atomic mass is 16.3. The first-order chi connectivity index (χ1) is 8.65. The number of anilines is 1. The fourth-order valence-electron chi connectivity index (χ4n) is 2.16. The zero-order chi connectivity index (χ0) is 13.1. The lowest BCUT2D eigenvalue weighted by atomic mass is 9.91. The van der Waals surface area contributed by atoms with Crippen molar-refractivity contribution in [3.05, 3.63) is 11.8 Å². The van der Waals surface area contributed by atoms with Gasteiger partial charge in [0, 0.05) is 26.2 Å². The van der Waals surface area contributed by atoms with Crippen LogP contribution >= 0.6 is 0 Å². The zero-order valence-electron chi connectivity index (χ0n) is 10.7. The molecule has 0 bridgehead atoms. The summed E-state index contributed by atoms with van der Waals surface area (Å²) in [6.07, 6.45) is 5.36. The highest BCUT2D eigenvalue weighted by Gasteiger charge is 2.30. The van der Waals surface area contributed by atoms with Crippen LogP contribution in [0.5, 0.6) is 0 Å². The Hall–Kier alpha value is -1.56. The van der Waals surface area contributed by atoms with Gasteiger partial charge >= 0.3 is 0 Å². The molecule has 0 spiro atoms. The lowest BCUT2D eigenvalue weighted by Crippen LogP contribution is -2.45. The molecule has 1 saturated carbocycles. The van der Waals surface area contributed by atoms with Gasteiger partial charge in [-0.2, -0.15) is 5.10 Å². The van der Waals surface area contributed by atoms with E-state index in [1.165, 1.54) is 10.9 Å². The van der Waals surface area contributed by atoms with Crippen LogP contribution in [0.25, 0.3) is 0 Å². The predicted octanol–water partition coefficient (Wildman–Crippen LogP) is 0.379. The van der Waals surface area contributed by atoms with Crippen molar-refractivity contribution in [2.24, 2.45) is 7.05 Å². The van der Waals surface area contributed by atoms with Gasteiger partial charge in [-0.3, -0.25) is 9.48 Å². The number of nitrogens with two attached hydrogens (primary N) is 1. The Labute approximate surface area is 106 Å². The van der Waals surface area contributed by atoms with Gasteiger partial charge in [0.15, 0.2) is 0 Å². The summed E-state index contributed by atoms with van der Waals surface area (Å²) >= 11 is 0. The van der Waals surface area contributed by atoms with Gasteiger partial charge in [-0.05, 0) is 25.7 Å². The fraction of sp³-hybridized carbons (Fsp3) is 0.667. The maximum absolute atomic E-state index is 12.4. The highest BCUT2D eigenvalue weighted by Crippen LogP contribution is 2.27. The van der Waals surface area contributed by atoms with Gasteiger partial charge in [-0.1, -0.05) is 0 Å². The number of aliphatic hydroxyl groups excluding tert-OH is 1. The minimum Gasteiger partial charge on any atom is -0.396 e. The zero-order valence-corrected chi connectivity index (χ0v) is 10.7. The van der Waals surface area contributed by atoms with Gasteiger partial charge in [0.05, 0.1) is 6.20 Å². The standard InChI is InChI=1S/C12H20N4O2/c1-15-11(13)10(8-14-15)12(18)16(6-3-7-17)9-4-2-5-9/h8-9,17H,2-7,13H2,1H3. The fourth-order valence-corrected chi connectivity index (χ4v) is 2.16. The van der Waals surface area contributed by atoms with Crippen LogP contribution in [-0.2, 0) is 7.05 Å². The normalized spacial score (nSPS) is 15.4. The largest absolute Gasteiger partial charge is 0.396 e. The number of carbonyl (C=O) groups is 1. The number of amides is 1. The first-order valence-electron chi connectivity index (χ1n) is 6.34. The minimum absolute atomic E-state index is 0.0706. The van der Waals surface area contributed by atoms with Gasteiger partial charge in [-0.15, -0.1) is 0 Å². The summed E-state index contributed by atoms with van der Waals surface area (Å²) in [5.41, 5.74) is 6.29. The molecule has 3 N–H and O–H groups in total. The highest BCUT2D eigenvalue weighted by molar-refractivity contribution is 5.98. The molecule has 100 valence electrons. The van der Waals surface area contributed by atoms with E-state index in [0.29, 0.717) is 30.4 Å². The molecular formula is C12H20N4O2. The Bertz CT molecular complexity index is 426. The molecule has 1 aromatic rings. The van der Waals surface area contributed by atoms with E-state index in [2.05, 4.69) is 5.10 Å². The number of aromatic nitrogens is 2. The summed E-state index contributed by atoms with van der Waals surface area (Å²) in [4.78, 5) is 14.3. The molecule has 0 saturated heterocycles. The van der Waals surface area contributed by atoms with Crippen LogP contribution in [-0.4, -0.2) is 44.9 Å². The quantitative estimate of drug-likeness (QED) is 0.793. The summed E-state index contributed by atoms with van der Waals surface area (Å²) in [6, 6.07) is 0.295. The van der Waals surface area contributed by atoms with Crippen LogP contribution in [0.3, 0.4) is 0 Å². The Balaban J connectivity index is 2.14. The second-order valence-corrected chi connectivity index (χ2v) is 4.73. The average Bonchev–Trinajstić information content (AvgIpc) is 2.62. The van der Waals surface area contributed by atoms with Gasteiger partial charge in [0.2, 0.25) is 0 Å². The number of rotatable bonds is 5. The van der Waals surface area contributed by atoms with E-state index in [1.54, 1.807) is 7.05 Å². The number of nitrogens with zero attached hydrogens (tertiary/aromatic N) is 3. The van der Waals surface area contributed by atoms with Crippen molar-refractivity contribution in [2.45, 2.75) is 31.7 Å². The molecule has 1 amide bonds. The van der Waals surface area contributed by atoms with Gasteiger partial charge in [-0.25, -0.2) is 0 Å². The second-order valence-electron chi connectivity index (χ2n) is 4.73. The molecule has 2 rings (SSSR count). The van der Waals surface area contributed by atoms with Crippen molar-refractivity contribution in [1.29, 1.82) is 0 Å². The maximum Gasteiger partial charge on any atom is 0.259 e. The summed E-state index contributed by atoms with van der Waals surface area (Å²) in [5.74, 6) is 0.326. The third-order valence-corrected chi connectivity index (χ3v) is 3.55. The average molecular weight is 252 g/mol. The molecule has 6 nitrogen and oxygen atoms in total. The monoisotopic (exact) mass is 252 g/mol. The van der Waals surface area contributed by atoms with E-state index < -0.39 is 0 Å². The van der Waals surface area contributed by atoms with Crippen LogP contribution in [0, 0.1) is 0 Å². The Morgan fingerprint density at radius 1 is 1.67 bits per heavy atom. The van der Waals surface area contributed by atoms with E-state index in [9.17, 15) is 4.79 Å². The summed E-state index contributed by atoms with van der Waals surface area (Å²) < 4.78 is 1.50. The van der Waals surface area contributed by atoms with Crippen LogP contribution in [0.1, 0.15) is 36.0 Å². The lowest BCUT2D eigenvalue weighted by Gasteiger charge is -2.37. The molecule has 0 atom stereocenters. The SMILES string of the molecule is Cn1ncc(C(=O)N(CCCO)C2CCC2)c1N. The maximum atomic E-state index is 12.4. The molecule has 0 unspecified atom stereocenters. The summed E-state index contributed by atoms with van der Waals surface area (Å²) in [6.45, 7) is 0.674. The minimum atomic E-state index is -0.0706. The first kappa shape index (κ1) is 12.9. The number of hydrogen-bond donors (Lipinski definition) is 2. The second kappa shape index (κ2) is 5.39. The van der Waals surface area contributed by atoms with Crippen molar-refractivity contribution in [1.82, 2.24) is 14.7 Å². The molecule has 1 heterocycles. The van der Waals surface area contributed by atoms with Crippen molar-refractivity contribution in [3.8, 4) is 0 Å². The van der Waals surface area contributed by atoms with Crippen LogP contribution in [0.15, 0.2) is 6.20 Å². The van der Waals surface area contributed by atoms with Crippen molar-refractivity contribution < 1.29 is 9.90 Å². The van der Waals surface area contributed by atoms with Crippen LogP contribution < -0.4 is 5.73 Å². The van der Waals surface area contributed by atoms with E-state index in [0.717, 1.165) is 19.3 Å². The van der Waals surface area contributed by atoms with Crippen LogP contribution in [0.2, 0.25) is 0 Å². The van der Waals surface area contributed by atoms with Crippen LogP contribution in [0.4, 0.5) is 5.82 Å². The van der Waals surface area contributed by atoms with Gasteiger partial charge in [0.25, 0.3) is 5.91 Å². The molecular weight excluding hydrogens is 232 g/mol. The molecule has 0 aliphatic heterocycles. The summed E-state index contributed by atoms with van der Waals surface area (Å²) in [7, 11) is 1.72. The number of hydrogen-bond acceptors (Lipinski definition) is 4. The molecule has 18 heavy (non-hydrogen) atoms. The molecule has 1 aromatic heterocycles. The topological polar surface area (TPSA) is 84.4 Å². The van der Waals surface area contributed by atoms with Gasteiger partial charge < -0.3 is 15.7 Å². The Kier molecular flexibility index (Phi) is 3.86. The number of carbonyl (C=O) groups excluding carboxylic acids is 1. The Morgan fingerprint density at radius 2 is 2.39 bits per heavy atom. The van der Waals surface area contributed by atoms with Crippen molar-refractivity contribution in [3.63, 3.8) is 0 Å². The number of aryl methyl sites for hydroxylation is 1. The van der Waals surface area contributed by atoms with E-state index in [4.69, 9.17) is 10.8 Å². The smallest absolute Gasteiger partial charge is 0.259 e. The molecule has 1 aliphatic carbocycles. The van der Waals surface area contributed by atoms with E-state index >= 15 is 0 Å². The third-order valence-electron chi connectivity index (χ3n) is 3.55. The van der Waals surface area contributed by atoms with E-state index in [1.807, 2.05) is 4.90 Å². The molecule has 6 heteroatoms. The van der Waals surface area contributed by atoms with Crippen molar-refractivity contribution >= 4 is 11.7 Å². The lowest BCUT2D eigenvalue weighted by molar-refractivity contribution is 0.0563. The number of aliphatic hydroxyl groups is 1.